The van der Waals surface area contributed by atoms with E-state index in [1.807, 2.05) is 0 Å². The van der Waals surface area contributed by atoms with Gasteiger partial charge in [-0.15, -0.1) is 0 Å². The van der Waals surface area contributed by atoms with Crippen molar-refractivity contribution in [2.24, 2.45) is 28.6 Å². The van der Waals surface area contributed by atoms with Crippen LogP contribution in [-0.4, -0.2) is 105 Å². The van der Waals surface area contributed by atoms with Crippen molar-refractivity contribution in [1.82, 2.24) is 0 Å². The lowest BCUT2D eigenvalue weighted by Crippen LogP contribution is -2.80. The van der Waals surface area contributed by atoms with Crippen LogP contribution in [0.3, 0.4) is 0 Å². The standard InChI is InChI=1S/C29H38O13/c1-12-13-9-14-28-11-40-29(25(37)39-3,23(35)18(33)20(28)26(13,2)22(34)17(32)16(12)31)21(28)19(24(36)41-14)42-15(30)10-27(38)7-5-4-6-8-27/h13-14,18-23,31,33-35,38H,4-11H2,1-3H3/t13-,14+,18+,19?,20+,21+,22+,23-,26-,28+,29+/m0/s1. The molecule has 0 aromatic rings. The number of ether oxygens (including phenoxy) is 4. The van der Waals surface area contributed by atoms with Crippen LogP contribution in [0, 0.1) is 28.6 Å². The van der Waals surface area contributed by atoms with Gasteiger partial charge in [-0.25, -0.2) is 9.59 Å². The van der Waals surface area contributed by atoms with Gasteiger partial charge in [0.15, 0.2) is 5.76 Å². The summed E-state index contributed by atoms with van der Waals surface area (Å²) in [7, 11) is 1.05. The molecule has 1 unspecified atom stereocenters. The predicted octanol–water partition coefficient (Wildman–Crippen LogP) is -0.393. The van der Waals surface area contributed by atoms with Crippen molar-refractivity contribution in [2.45, 2.75) is 101 Å². The minimum absolute atomic E-state index is 0.0146. The molecule has 11 atom stereocenters. The van der Waals surface area contributed by atoms with E-state index in [9.17, 15) is 44.7 Å². The second-order valence-corrected chi connectivity index (χ2v) is 13.3. The van der Waals surface area contributed by atoms with Crippen molar-refractivity contribution in [3.63, 3.8) is 0 Å². The lowest BCUT2D eigenvalue weighted by Gasteiger charge is -2.67. The summed E-state index contributed by atoms with van der Waals surface area (Å²) in [5.74, 6) is -8.03. The fourth-order valence-corrected chi connectivity index (χ4v) is 9.68. The van der Waals surface area contributed by atoms with Gasteiger partial charge >= 0.3 is 17.9 Å². The molecular weight excluding hydrogens is 556 g/mol. The number of carbonyl (C=O) groups excluding carboxylic acids is 4. The Kier molecular flexibility index (Phi) is 6.64. The highest BCUT2D eigenvalue weighted by atomic mass is 16.6. The van der Waals surface area contributed by atoms with Crippen molar-refractivity contribution >= 4 is 23.7 Å². The van der Waals surface area contributed by atoms with Crippen molar-refractivity contribution in [3.8, 4) is 0 Å². The minimum atomic E-state index is -2.35. The van der Waals surface area contributed by atoms with Gasteiger partial charge in [0.1, 0.15) is 18.3 Å². The molecule has 2 heterocycles. The molecule has 5 N–H and O–H groups in total. The zero-order valence-electron chi connectivity index (χ0n) is 23.8. The van der Waals surface area contributed by atoms with Gasteiger partial charge in [0, 0.05) is 16.7 Å². The maximum absolute atomic E-state index is 13.6. The second-order valence-electron chi connectivity index (χ2n) is 13.3. The number of aliphatic hydroxyl groups excluding tert-OH is 4. The van der Waals surface area contributed by atoms with Crippen LogP contribution in [0.15, 0.2) is 11.3 Å². The summed E-state index contributed by atoms with van der Waals surface area (Å²) >= 11 is 0. The highest BCUT2D eigenvalue weighted by Crippen LogP contribution is 2.72. The van der Waals surface area contributed by atoms with Crippen LogP contribution in [-0.2, 0) is 38.1 Å². The van der Waals surface area contributed by atoms with Gasteiger partial charge in [-0.3, -0.25) is 9.59 Å². The number of Topliss-reactive ketones (excluding diaryl/α,β-unsaturated/α-hetero) is 1. The van der Waals surface area contributed by atoms with E-state index in [2.05, 4.69) is 0 Å². The molecule has 13 heteroatoms. The van der Waals surface area contributed by atoms with Crippen LogP contribution in [0.1, 0.15) is 58.8 Å². The number of carbonyl (C=O) groups is 4. The molecule has 0 radical (unpaired) electrons. The van der Waals surface area contributed by atoms with E-state index in [4.69, 9.17) is 18.9 Å². The smallest absolute Gasteiger partial charge is 0.348 e. The van der Waals surface area contributed by atoms with Crippen molar-refractivity contribution in [3.05, 3.63) is 11.3 Å². The molecule has 6 rings (SSSR count). The second kappa shape index (κ2) is 9.46. The number of rotatable bonds is 4. The monoisotopic (exact) mass is 594 g/mol. The molecule has 2 aliphatic heterocycles. The molecule has 232 valence electrons. The molecule has 5 fully saturated rings. The maximum atomic E-state index is 13.6. The number of hydrogen-bond acceptors (Lipinski definition) is 13. The molecule has 13 nitrogen and oxygen atoms in total. The number of methoxy groups -OCH3 is 1. The quantitative estimate of drug-likeness (QED) is 0.208. The van der Waals surface area contributed by atoms with Gasteiger partial charge in [0.05, 0.1) is 37.8 Å². The Bertz CT molecular complexity index is 1250. The summed E-state index contributed by atoms with van der Waals surface area (Å²) in [6.07, 6.45) is -5.82. The first-order chi connectivity index (χ1) is 19.7. The first kappa shape index (κ1) is 29.5. The Morgan fingerprint density at radius 1 is 1.07 bits per heavy atom. The van der Waals surface area contributed by atoms with Gasteiger partial charge in [0.25, 0.3) is 0 Å². The average Bonchev–Trinajstić information content (AvgIpc) is 3.26. The number of allylic oxidation sites excluding steroid dienone is 1. The number of hydrogen-bond donors (Lipinski definition) is 5. The largest absolute Gasteiger partial charge is 0.504 e. The van der Waals surface area contributed by atoms with Crippen molar-refractivity contribution in [2.75, 3.05) is 13.7 Å². The summed E-state index contributed by atoms with van der Waals surface area (Å²) in [5, 5.41) is 56.2. The van der Waals surface area contributed by atoms with Gasteiger partial charge in [-0.05, 0) is 37.7 Å². The first-order valence-corrected chi connectivity index (χ1v) is 14.5. The van der Waals surface area contributed by atoms with Gasteiger partial charge in [-0.2, -0.15) is 0 Å². The molecule has 4 aliphatic carbocycles. The molecule has 3 saturated carbocycles. The summed E-state index contributed by atoms with van der Waals surface area (Å²) in [4.78, 5) is 53.4. The van der Waals surface area contributed by atoms with Crippen LogP contribution in [0.5, 0.6) is 0 Å². The van der Waals surface area contributed by atoms with Crippen LogP contribution >= 0.6 is 0 Å². The summed E-state index contributed by atoms with van der Waals surface area (Å²) < 4.78 is 22.7. The third kappa shape index (κ3) is 3.48. The van der Waals surface area contributed by atoms with Gasteiger partial charge in [-0.1, -0.05) is 26.2 Å². The summed E-state index contributed by atoms with van der Waals surface area (Å²) in [6, 6.07) is 0. The number of fused-ring (bicyclic) bond motifs is 2. The van der Waals surface area contributed by atoms with Crippen LogP contribution in [0.25, 0.3) is 0 Å². The van der Waals surface area contributed by atoms with E-state index in [-0.39, 0.29) is 18.6 Å². The van der Waals surface area contributed by atoms with E-state index in [0.29, 0.717) is 12.8 Å². The Morgan fingerprint density at radius 2 is 1.74 bits per heavy atom. The Labute approximate surface area is 241 Å². The zero-order chi connectivity index (χ0) is 30.6. The van der Waals surface area contributed by atoms with E-state index < -0.39 is 106 Å². The van der Waals surface area contributed by atoms with Gasteiger partial charge in [0.2, 0.25) is 17.5 Å². The fourth-order valence-electron chi connectivity index (χ4n) is 9.68. The third-order valence-corrected chi connectivity index (χ3v) is 11.5. The van der Waals surface area contributed by atoms with Crippen LogP contribution in [0.2, 0.25) is 0 Å². The zero-order valence-corrected chi connectivity index (χ0v) is 23.8. The minimum Gasteiger partial charge on any atom is -0.504 e. The Hall–Kier alpha value is -2.58. The third-order valence-electron chi connectivity index (χ3n) is 11.5. The molecule has 0 aromatic carbocycles. The van der Waals surface area contributed by atoms with Crippen LogP contribution < -0.4 is 0 Å². The van der Waals surface area contributed by atoms with Crippen molar-refractivity contribution < 1.29 is 63.7 Å². The SMILES string of the molecule is COC(=O)[C@]12OC[C@]34[C@H]([C@@H](O)[C@@H]1O)[C@@]1(C)[C@H](O)C(=O)C(O)=C(C)[C@@H]1C[C@H]3OC(=O)C(OC(=O)CC1(O)CCCCC1)[C@@H]24. The predicted molar refractivity (Wildman–Crippen MR) is 137 cm³/mol. The van der Waals surface area contributed by atoms with E-state index in [1.165, 1.54) is 6.92 Å². The highest BCUT2D eigenvalue weighted by molar-refractivity contribution is 5.99. The Balaban J connectivity index is 1.49. The van der Waals surface area contributed by atoms with Crippen molar-refractivity contribution in [1.29, 1.82) is 0 Å². The molecule has 0 amide bonds. The fraction of sp³-hybridized carbons (Fsp3) is 0.793. The highest BCUT2D eigenvalue weighted by Gasteiger charge is 2.86. The van der Waals surface area contributed by atoms with E-state index in [0.717, 1.165) is 26.4 Å². The maximum Gasteiger partial charge on any atom is 0.348 e. The topological polar surface area (TPSA) is 206 Å². The molecular formula is C29H38O13. The summed E-state index contributed by atoms with van der Waals surface area (Å²) in [5.41, 5.74) is -6.48. The molecule has 2 bridgehead atoms. The first-order valence-electron chi connectivity index (χ1n) is 14.5. The average molecular weight is 595 g/mol. The summed E-state index contributed by atoms with van der Waals surface area (Å²) in [6.45, 7) is 2.70. The number of esters is 3. The molecule has 0 aromatic heterocycles. The number of ketones is 1. The molecule has 6 aliphatic rings. The molecule has 42 heavy (non-hydrogen) atoms. The number of aliphatic hydroxyl groups is 5. The normalized spacial score (nSPS) is 47.2. The molecule has 2 saturated heterocycles. The van der Waals surface area contributed by atoms with Gasteiger partial charge < -0.3 is 44.5 Å². The van der Waals surface area contributed by atoms with Crippen LogP contribution in [0.4, 0.5) is 0 Å². The lowest BCUT2D eigenvalue weighted by molar-refractivity contribution is -0.299. The van der Waals surface area contributed by atoms with E-state index in [1.54, 1.807) is 6.92 Å². The lowest BCUT2D eigenvalue weighted by atomic mass is 9.37. The molecule has 1 spiro atoms. The Morgan fingerprint density at radius 3 is 2.38 bits per heavy atom. The van der Waals surface area contributed by atoms with E-state index >= 15 is 0 Å².